The van der Waals surface area contributed by atoms with E-state index in [-0.39, 0.29) is 11.9 Å². The summed E-state index contributed by atoms with van der Waals surface area (Å²) in [6, 6.07) is 14.1. The number of aryl methyl sites for hydroxylation is 2. The maximum Gasteiger partial charge on any atom is 0.230 e. The van der Waals surface area contributed by atoms with Crippen LogP contribution in [0.5, 0.6) is 0 Å². The van der Waals surface area contributed by atoms with Crippen LogP contribution in [0.25, 0.3) is 0 Å². The number of benzene rings is 2. The first kappa shape index (κ1) is 17.9. The molecule has 4 heteroatoms. The molecule has 122 valence electrons. The lowest BCUT2D eigenvalue weighted by molar-refractivity contribution is -0.119. The molecular formula is C19H22ClNOS. The number of hydrogen-bond donors (Lipinski definition) is 1. The van der Waals surface area contributed by atoms with E-state index in [4.69, 9.17) is 11.6 Å². The van der Waals surface area contributed by atoms with E-state index in [1.807, 2.05) is 31.2 Å². The molecule has 0 fully saturated rings. The molecule has 2 rings (SSSR count). The van der Waals surface area contributed by atoms with E-state index in [2.05, 4.69) is 37.4 Å². The van der Waals surface area contributed by atoms with Crippen molar-refractivity contribution in [3.8, 4) is 0 Å². The topological polar surface area (TPSA) is 29.1 Å². The highest BCUT2D eigenvalue weighted by Crippen LogP contribution is 2.20. The zero-order valence-corrected chi connectivity index (χ0v) is 15.3. The zero-order chi connectivity index (χ0) is 16.8. The van der Waals surface area contributed by atoms with Crippen molar-refractivity contribution in [2.75, 3.05) is 5.75 Å². The van der Waals surface area contributed by atoms with Gasteiger partial charge in [0.25, 0.3) is 0 Å². The smallest absolute Gasteiger partial charge is 0.230 e. The number of thioether (sulfide) groups is 1. The van der Waals surface area contributed by atoms with E-state index in [0.717, 1.165) is 16.3 Å². The summed E-state index contributed by atoms with van der Waals surface area (Å²) in [7, 11) is 0. The Balaban J connectivity index is 1.83. The molecular weight excluding hydrogens is 326 g/mol. The van der Waals surface area contributed by atoms with E-state index in [0.29, 0.717) is 5.75 Å². The van der Waals surface area contributed by atoms with E-state index < -0.39 is 0 Å². The van der Waals surface area contributed by atoms with Gasteiger partial charge in [0.05, 0.1) is 11.8 Å². The minimum Gasteiger partial charge on any atom is -0.349 e. The molecule has 23 heavy (non-hydrogen) atoms. The molecule has 1 atom stereocenters. The molecule has 0 aromatic heterocycles. The summed E-state index contributed by atoms with van der Waals surface area (Å²) in [5, 5.41) is 3.81. The maximum atomic E-state index is 12.1. The van der Waals surface area contributed by atoms with Crippen molar-refractivity contribution in [1.29, 1.82) is 0 Å². The van der Waals surface area contributed by atoms with Crippen LogP contribution in [-0.4, -0.2) is 11.7 Å². The Morgan fingerprint density at radius 3 is 2.74 bits per heavy atom. The maximum absolute atomic E-state index is 12.1. The Morgan fingerprint density at radius 1 is 1.22 bits per heavy atom. The van der Waals surface area contributed by atoms with Crippen molar-refractivity contribution in [3.63, 3.8) is 0 Å². The van der Waals surface area contributed by atoms with Crippen LogP contribution in [0.3, 0.4) is 0 Å². The molecule has 2 nitrogen and oxygen atoms in total. The van der Waals surface area contributed by atoms with Crippen molar-refractivity contribution in [1.82, 2.24) is 5.32 Å². The minimum atomic E-state index is 0.0224. The van der Waals surface area contributed by atoms with Gasteiger partial charge in [0.15, 0.2) is 0 Å². The summed E-state index contributed by atoms with van der Waals surface area (Å²) >= 11 is 7.56. The first-order valence-electron chi connectivity index (χ1n) is 7.64. The lowest BCUT2D eigenvalue weighted by atomic mass is 10.00. The van der Waals surface area contributed by atoms with Crippen LogP contribution >= 0.6 is 23.4 Å². The van der Waals surface area contributed by atoms with Gasteiger partial charge in [0, 0.05) is 10.8 Å². The van der Waals surface area contributed by atoms with Crippen molar-refractivity contribution >= 4 is 29.3 Å². The molecule has 1 N–H and O–H groups in total. The van der Waals surface area contributed by atoms with Crippen LogP contribution in [0.2, 0.25) is 5.02 Å². The molecule has 0 heterocycles. The first-order valence-corrected chi connectivity index (χ1v) is 9.17. The monoisotopic (exact) mass is 347 g/mol. The average Bonchev–Trinajstić information content (AvgIpc) is 2.49. The van der Waals surface area contributed by atoms with E-state index in [9.17, 15) is 4.79 Å². The van der Waals surface area contributed by atoms with Crippen LogP contribution in [0, 0.1) is 13.8 Å². The van der Waals surface area contributed by atoms with Crippen molar-refractivity contribution < 1.29 is 4.79 Å². The van der Waals surface area contributed by atoms with Gasteiger partial charge in [-0.2, -0.15) is 0 Å². The second-order valence-electron chi connectivity index (χ2n) is 5.77. The summed E-state index contributed by atoms with van der Waals surface area (Å²) in [6.45, 7) is 6.17. The molecule has 0 saturated heterocycles. The molecule has 0 spiro atoms. The Morgan fingerprint density at radius 2 is 2.00 bits per heavy atom. The molecule has 0 radical (unpaired) electrons. The summed E-state index contributed by atoms with van der Waals surface area (Å²) in [6.07, 6.45) is 0. The lowest BCUT2D eigenvalue weighted by Crippen LogP contribution is -2.28. The van der Waals surface area contributed by atoms with Crippen molar-refractivity contribution in [2.24, 2.45) is 0 Å². The van der Waals surface area contributed by atoms with Gasteiger partial charge in [-0.15, -0.1) is 11.8 Å². The number of amides is 1. The molecule has 1 amide bonds. The summed E-state index contributed by atoms with van der Waals surface area (Å²) in [4.78, 5) is 12.1. The summed E-state index contributed by atoms with van der Waals surface area (Å²) < 4.78 is 0. The quantitative estimate of drug-likeness (QED) is 0.790. The number of nitrogens with one attached hydrogen (secondary N) is 1. The number of halogens is 1. The van der Waals surface area contributed by atoms with Crippen LogP contribution in [0.1, 0.15) is 35.2 Å². The van der Waals surface area contributed by atoms with Crippen LogP contribution in [0.15, 0.2) is 42.5 Å². The molecule has 0 saturated carbocycles. The largest absolute Gasteiger partial charge is 0.349 e. The number of carbonyl (C=O) groups is 1. The Labute approximate surface area is 147 Å². The first-order chi connectivity index (χ1) is 11.0. The fourth-order valence-corrected chi connectivity index (χ4v) is 3.47. The van der Waals surface area contributed by atoms with Crippen molar-refractivity contribution in [2.45, 2.75) is 32.6 Å². The lowest BCUT2D eigenvalue weighted by Gasteiger charge is -2.17. The Kier molecular flexibility index (Phi) is 6.55. The van der Waals surface area contributed by atoms with Crippen LogP contribution in [0.4, 0.5) is 0 Å². The van der Waals surface area contributed by atoms with Gasteiger partial charge in [0.2, 0.25) is 5.91 Å². The van der Waals surface area contributed by atoms with Gasteiger partial charge in [-0.3, -0.25) is 4.79 Å². The molecule has 2 aromatic carbocycles. The van der Waals surface area contributed by atoms with Gasteiger partial charge in [-0.05, 0) is 49.6 Å². The number of carbonyl (C=O) groups excluding carboxylic acids is 1. The second-order valence-corrected chi connectivity index (χ2v) is 7.19. The average molecular weight is 348 g/mol. The highest BCUT2D eigenvalue weighted by molar-refractivity contribution is 7.99. The fourth-order valence-electron chi connectivity index (χ4n) is 2.48. The van der Waals surface area contributed by atoms with Crippen molar-refractivity contribution in [3.05, 3.63) is 69.7 Å². The molecule has 2 aromatic rings. The summed E-state index contributed by atoms with van der Waals surface area (Å²) in [5.41, 5.74) is 4.73. The van der Waals surface area contributed by atoms with Crippen LogP contribution in [-0.2, 0) is 10.5 Å². The van der Waals surface area contributed by atoms with E-state index >= 15 is 0 Å². The zero-order valence-electron chi connectivity index (χ0n) is 13.7. The Hall–Kier alpha value is -1.45. The predicted octanol–water partition coefficient (Wildman–Crippen LogP) is 5.07. The molecule has 0 aliphatic rings. The molecule has 0 aliphatic heterocycles. The van der Waals surface area contributed by atoms with Crippen LogP contribution < -0.4 is 5.32 Å². The van der Waals surface area contributed by atoms with Gasteiger partial charge in [-0.25, -0.2) is 0 Å². The third-order valence-corrected chi connectivity index (χ3v) is 4.91. The third kappa shape index (κ3) is 5.60. The third-order valence-electron chi connectivity index (χ3n) is 3.67. The van der Waals surface area contributed by atoms with Gasteiger partial charge in [0.1, 0.15) is 0 Å². The van der Waals surface area contributed by atoms with Gasteiger partial charge in [-0.1, -0.05) is 47.5 Å². The fraction of sp³-hybridized carbons (Fsp3) is 0.316. The van der Waals surface area contributed by atoms with E-state index in [1.165, 1.54) is 16.7 Å². The molecule has 1 unspecified atom stereocenters. The second kappa shape index (κ2) is 8.42. The van der Waals surface area contributed by atoms with Gasteiger partial charge < -0.3 is 5.32 Å². The standard InChI is InChI=1S/C19H22ClNOS/c1-13-7-8-14(2)18(9-13)15(3)21-19(22)12-23-11-16-5-4-6-17(20)10-16/h4-10,15H,11-12H2,1-3H3,(H,21,22). The predicted molar refractivity (Wildman–Crippen MR) is 100 cm³/mol. The molecule has 0 aliphatic carbocycles. The minimum absolute atomic E-state index is 0.0224. The highest BCUT2D eigenvalue weighted by Gasteiger charge is 2.12. The Bertz CT molecular complexity index is 687. The van der Waals surface area contributed by atoms with Gasteiger partial charge >= 0.3 is 0 Å². The number of hydrogen-bond acceptors (Lipinski definition) is 2. The summed E-state index contributed by atoms with van der Waals surface area (Å²) in [5.74, 6) is 1.29. The van der Waals surface area contributed by atoms with E-state index in [1.54, 1.807) is 11.8 Å². The highest BCUT2D eigenvalue weighted by atomic mass is 35.5. The molecule has 0 bridgehead atoms. The number of rotatable bonds is 6. The normalized spacial score (nSPS) is 12.0. The SMILES string of the molecule is Cc1ccc(C)c(C(C)NC(=O)CSCc2cccc(Cl)c2)c1.